The van der Waals surface area contributed by atoms with Crippen LogP contribution in [-0.4, -0.2) is 22.2 Å². The number of phenolic OH excluding ortho intramolecular Hbond substituents is 1. The van der Waals surface area contributed by atoms with Gasteiger partial charge in [-0.15, -0.1) is 0 Å². The van der Waals surface area contributed by atoms with E-state index in [-0.39, 0.29) is 0 Å². The van der Waals surface area contributed by atoms with Crippen LogP contribution in [0.15, 0.2) is 18.2 Å². The van der Waals surface area contributed by atoms with E-state index in [1.165, 1.54) is 24.8 Å². The smallest absolute Gasteiger partial charge is 0.120 e. The van der Waals surface area contributed by atoms with E-state index in [1.807, 2.05) is 12.1 Å². The highest BCUT2D eigenvalue weighted by Gasteiger charge is 2.24. The minimum atomic E-state index is 0.380. The number of phenols is 1. The molecule has 0 amide bonds. The molecule has 1 fully saturated rings. The SMILES string of the molecule is Cc1ccc(O)c(CNN2C(C)CCCC2C)c1. The normalized spacial score (nSPS) is 25.3. The molecule has 1 aliphatic rings. The van der Waals surface area contributed by atoms with Crippen molar-refractivity contribution in [2.75, 3.05) is 0 Å². The Labute approximate surface area is 110 Å². The molecule has 0 aliphatic carbocycles. The molecule has 1 saturated heterocycles. The van der Waals surface area contributed by atoms with E-state index >= 15 is 0 Å². The van der Waals surface area contributed by atoms with Crippen LogP contribution in [0.3, 0.4) is 0 Å². The fraction of sp³-hybridized carbons (Fsp3) is 0.600. The number of piperidine rings is 1. The van der Waals surface area contributed by atoms with Crippen molar-refractivity contribution in [2.24, 2.45) is 0 Å². The number of benzene rings is 1. The van der Waals surface area contributed by atoms with Gasteiger partial charge in [-0.2, -0.15) is 0 Å². The number of hydrogen-bond donors (Lipinski definition) is 2. The second-order valence-corrected chi connectivity index (χ2v) is 5.50. The van der Waals surface area contributed by atoms with Crippen LogP contribution in [0.5, 0.6) is 5.75 Å². The highest BCUT2D eigenvalue weighted by molar-refractivity contribution is 5.35. The molecular formula is C15H24N2O. The molecule has 1 aromatic carbocycles. The van der Waals surface area contributed by atoms with Crippen molar-refractivity contribution in [3.05, 3.63) is 29.3 Å². The molecule has 18 heavy (non-hydrogen) atoms. The zero-order chi connectivity index (χ0) is 13.1. The Morgan fingerprint density at radius 2 is 1.94 bits per heavy atom. The van der Waals surface area contributed by atoms with E-state index in [1.54, 1.807) is 6.07 Å². The van der Waals surface area contributed by atoms with E-state index in [0.717, 1.165) is 5.56 Å². The Balaban J connectivity index is 1.99. The maximum atomic E-state index is 9.84. The van der Waals surface area contributed by atoms with Crippen LogP contribution in [0.4, 0.5) is 0 Å². The van der Waals surface area contributed by atoms with Crippen molar-refractivity contribution in [1.82, 2.24) is 10.4 Å². The van der Waals surface area contributed by atoms with Crippen LogP contribution in [0.2, 0.25) is 0 Å². The molecule has 1 aliphatic heterocycles. The van der Waals surface area contributed by atoms with Gasteiger partial charge in [0, 0.05) is 24.2 Å². The van der Waals surface area contributed by atoms with Crippen molar-refractivity contribution >= 4 is 0 Å². The van der Waals surface area contributed by atoms with Crippen molar-refractivity contribution in [3.8, 4) is 5.75 Å². The highest BCUT2D eigenvalue weighted by Crippen LogP contribution is 2.22. The van der Waals surface area contributed by atoms with Crippen molar-refractivity contribution < 1.29 is 5.11 Å². The lowest BCUT2D eigenvalue weighted by molar-refractivity contribution is 0.0433. The van der Waals surface area contributed by atoms with Gasteiger partial charge < -0.3 is 5.11 Å². The Hall–Kier alpha value is -1.06. The first-order valence-electron chi connectivity index (χ1n) is 6.88. The predicted octanol–water partition coefficient (Wildman–Crippen LogP) is 2.97. The molecule has 0 radical (unpaired) electrons. The van der Waals surface area contributed by atoms with Gasteiger partial charge >= 0.3 is 0 Å². The summed E-state index contributed by atoms with van der Waals surface area (Å²) < 4.78 is 0. The van der Waals surface area contributed by atoms with Crippen molar-refractivity contribution in [2.45, 2.75) is 58.7 Å². The molecule has 100 valence electrons. The second-order valence-electron chi connectivity index (χ2n) is 5.50. The van der Waals surface area contributed by atoms with Gasteiger partial charge in [0.1, 0.15) is 5.75 Å². The molecular weight excluding hydrogens is 224 g/mol. The summed E-state index contributed by atoms with van der Waals surface area (Å²) in [5.74, 6) is 0.380. The largest absolute Gasteiger partial charge is 0.508 e. The second kappa shape index (κ2) is 5.72. The Morgan fingerprint density at radius 3 is 2.61 bits per heavy atom. The summed E-state index contributed by atoms with van der Waals surface area (Å²) in [6, 6.07) is 6.89. The van der Waals surface area contributed by atoms with E-state index in [9.17, 15) is 5.11 Å². The summed E-state index contributed by atoms with van der Waals surface area (Å²) in [6.45, 7) is 7.27. The van der Waals surface area contributed by atoms with E-state index in [4.69, 9.17) is 0 Å². The Kier molecular flexibility index (Phi) is 4.25. The molecule has 1 aromatic rings. The lowest BCUT2D eigenvalue weighted by Crippen LogP contribution is -2.51. The summed E-state index contributed by atoms with van der Waals surface area (Å²) in [5, 5.41) is 12.2. The zero-order valence-electron chi connectivity index (χ0n) is 11.6. The standard InChI is InChI=1S/C15H24N2O/c1-11-7-8-15(18)14(9-11)10-16-17-12(2)5-4-6-13(17)3/h7-9,12-13,16,18H,4-6,10H2,1-3H3. The number of nitrogens with one attached hydrogen (secondary N) is 1. The fourth-order valence-corrected chi connectivity index (χ4v) is 2.77. The number of aromatic hydroxyl groups is 1. The lowest BCUT2D eigenvalue weighted by Gasteiger charge is -2.39. The Bertz CT molecular complexity index is 395. The van der Waals surface area contributed by atoms with Crippen LogP contribution in [0.25, 0.3) is 0 Å². The maximum absolute atomic E-state index is 9.84. The summed E-state index contributed by atoms with van der Waals surface area (Å²) in [4.78, 5) is 0. The average Bonchev–Trinajstić information content (AvgIpc) is 2.33. The topological polar surface area (TPSA) is 35.5 Å². The van der Waals surface area contributed by atoms with Gasteiger partial charge in [-0.1, -0.05) is 24.1 Å². The molecule has 2 rings (SSSR count). The zero-order valence-corrected chi connectivity index (χ0v) is 11.6. The highest BCUT2D eigenvalue weighted by atomic mass is 16.3. The third-order valence-corrected chi connectivity index (χ3v) is 3.88. The first kappa shape index (κ1) is 13.4. The number of aryl methyl sites for hydroxylation is 1. The Morgan fingerprint density at radius 1 is 1.28 bits per heavy atom. The third kappa shape index (κ3) is 3.03. The first-order chi connectivity index (χ1) is 8.58. The van der Waals surface area contributed by atoms with Gasteiger partial charge in [0.25, 0.3) is 0 Å². The average molecular weight is 248 g/mol. The van der Waals surface area contributed by atoms with Gasteiger partial charge in [0.2, 0.25) is 0 Å². The number of rotatable bonds is 3. The van der Waals surface area contributed by atoms with Gasteiger partial charge in [-0.25, -0.2) is 5.01 Å². The van der Waals surface area contributed by atoms with Gasteiger partial charge in [0.15, 0.2) is 0 Å². The molecule has 2 atom stereocenters. The molecule has 2 N–H and O–H groups in total. The van der Waals surface area contributed by atoms with E-state index in [2.05, 4.69) is 31.2 Å². The monoisotopic (exact) mass is 248 g/mol. The number of hydrogen-bond acceptors (Lipinski definition) is 3. The molecule has 1 heterocycles. The molecule has 0 spiro atoms. The van der Waals surface area contributed by atoms with Crippen molar-refractivity contribution in [3.63, 3.8) is 0 Å². The molecule has 0 saturated carbocycles. The van der Waals surface area contributed by atoms with E-state index in [0.29, 0.717) is 24.4 Å². The minimum absolute atomic E-state index is 0.380. The molecule has 3 nitrogen and oxygen atoms in total. The van der Waals surface area contributed by atoms with Gasteiger partial charge in [0.05, 0.1) is 0 Å². The fourth-order valence-electron chi connectivity index (χ4n) is 2.77. The number of hydrazine groups is 1. The molecule has 2 unspecified atom stereocenters. The molecule has 0 bridgehead atoms. The van der Waals surface area contributed by atoms with Gasteiger partial charge in [-0.05, 0) is 39.7 Å². The quantitative estimate of drug-likeness (QED) is 0.863. The minimum Gasteiger partial charge on any atom is -0.508 e. The van der Waals surface area contributed by atoms with Crippen molar-refractivity contribution in [1.29, 1.82) is 0 Å². The van der Waals surface area contributed by atoms with Gasteiger partial charge in [-0.3, -0.25) is 5.43 Å². The predicted molar refractivity (Wildman–Crippen MR) is 74.3 cm³/mol. The maximum Gasteiger partial charge on any atom is 0.120 e. The van der Waals surface area contributed by atoms with Crippen LogP contribution in [0, 0.1) is 6.92 Å². The molecule has 0 aromatic heterocycles. The first-order valence-corrected chi connectivity index (χ1v) is 6.88. The summed E-state index contributed by atoms with van der Waals surface area (Å²) in [5.41, 5.74) is 5.64. The summed E-state index contributed by atoms with van der Waals surface area (Å²) >= 11 is 0. The third-order valence-electron chi connectivity index (χ3n) is 3.88. The molecule has 3 heteroatoms. The van der Waals surface area contributed by atoms with Crippen LogP contribution < -0.4 is 5.43 Å². The van der Waals surface area contributed by atoms with Crippen LogP contribution in [0.1, 0.15) is 44.2 Å². The van der Waals surface area contributed by atoms with Crippen LogP contribution in [-0.2, 0) is 6.54 Å². The van der Waals surface area contributed by atoms with E-state index < -0.39 is 0 Å². The summed E-state index contributed by atoms with van der Waals surface area (Å²) in [6.07, 6.45) is 3.81. The summed E-state index contributed by atoms with van der Waals surface area (Å²) in [7, 11) is 0. The lowest BCUT2D eigenvalue weighted by atomic mass is 10.00. The number of nitrogens with zero attached hydrogens (tertiary/aromatic N) is 1. The van der Waals surface area contributed by atoms with Crippen LogP contribution >= 0.6 is 0 Å².